The van der Waals surface area contributed by atoms with Crippen LogP contribution in [0.5, 0.6) is 5.75 Å². The molecule has 5 nitrogen and oxygen atoms in total. The van der Waals surface area contributed by atoms with Crippen LogP contribution in [0.1, 0.15) is 12.0 Å². The molecule has 106 valence electrons. The van der Waals surface area contributed by atoms with Gasteiger partial charge in [-0.1, -0.05) is 6.07 Å². The van der Waals surface area contributed by atoms with Crippen LogP contribution >= 0.6 is 15.9 Å². The van der Waals surface area contributed by atoms with Crippen LogP contribution in [0.25, 0.3) is 0 Å². The van der Waals surface area contributed by atoms with Crippen molar-refractivity contribution in [2.75, 3.05) is 20.7 Å². The number of hydrogen-bond acceptors (Lipinski definition) is 4. The summed E-state index contributed by atoms with van der Waals surface area (Å²) in [7, 11) is 3.56. The molecule has 1 rings (SSSR count). The third-order valence-electron chi connectivity index (χ3n) is 2.81. The van der Waals surface area contributed by atoms with Crippen molar-refractivity contribution in [3.05, 3.63) is 28.2 Å². The molecule has 0 radical (unpaired) electrons. The van der Waals surface area contributed by atoms with Crippen LogP contribution in [-0.2, 0) is 11.3 Å². The summed E-state index contributed by atoms with van der Waals surface area (Å²) in [6, 6.07) is 5.07. The van der Waals surface area contributed by atoms with E-state index in [0.29, 0.717) is 13.0 Å². The lowest BCUT2D eigenvalue weighted by Crippen LogP contribution is -2.34. The molecule has 1 aromatic carbocycles. The maximum absolute atomic E-state index is 10.6. The number of ether oxygens (including phenoxy) is 1. The van der Waals surface area contributed by atoms with E-state index in [1.165, 1.54) is 0 Å². The minimum Gasteiger partial charge on any atom is -0.496 e. The summed E-state index contributed by atoms with van der Waals surface area (Å²) in [5.74, 6) is -0.167. The molecular formula is C13H19BrN2O3. The van der Waals surface area contributed by atoms with Crippen molar-refractivity contribution in [3.8, 4) is 5.75 Å². The van der Waals surface area contributed by atoms with E-state index in [2.05, 4.69) is 15.9 Å². The minimum absolute atomic E-state index is 0.434. The highest BCUT2D eigenvalue weighted by atomic mass is 79.9. The Hall–Kier alpha value is -1.11. The number of nitrogens with two attached hydrogens (primary N) is 1. The van der Waals surface area contributed by atoms with E-state index >= 15 is 0 Å². The summed E-state index contributed by atoms with van der Waals surface area (Å²) in [4.78, 5) is 12.7. The first kappa shape index (κ1) is 15.9. The van der Waals surface area contributed by atoms with E-state index in [0.717, 1.165) is 22.3 Å². The average Bonchev–Trinajstić information content (AvgIpc) is 2.36. The number of nitrogens with zero attached hydrogens (tertiary/aromatic N) is 1. The van der Waals surface area contributed by atoms with Crippen LogP contribution in [0.15, 0.2) is 22.7 Å². The van der Waals surface area contributed by atoms with Gasteiger partial charge in [0.1, 0.15) is 11.8 Å². The number of carboxylic acid groups (broad SMARTS) is 1. The molecule has 6 heteroatoms. The van der Waals surface area contributed by atoms with Crippen LogP contribution in [0.4, 0.5) is 0 Å². The Morgan fingerprint density at radius 3 is 2.79 bits per heavy atom. The fraction of sp³-hybridized carbons (Fsp3) is 0.462. The molecule has 0 spiro atoms. The van der Waals surface area contributed by atoms with Gasteiger partial charge in [-0.05, 0) is 47.1 Å². The van der Waals surface area contributed by atoms with Crippen molar-refractivity contribution in [3.63, 3.8) is 0 Å². The number of benzene rings is 1. The van der Waals surface area contributed by atoms with Gasteiger partial charge in [-0.25, -0.2) is 0 Å². The molecule has 0 aromatic heterocycles. The highest BCUT2D eigenvalue weighted by Gasteiger charge is 2.12. The molecule has 0 saturated carbocycles. The molecular weight excluding hydrogens is 312 g/mol. The third kappa shape index (κ3) is 5.18. The first-order chi connectivity index (χ1) is 8.93. The number of rotatable bonds is 7. The van der Waals surface area contributed by atoms with Gasteiger partial charge in [-0.3, -0.25) is 4.79 Å². The zero-order valence-electron chi connectivity index (χ0n) is 11.1. The van der Waals surface area contributed by atoms with Crippen LogP contribution in [0.3, 0.4) is 0 Å². The van der Waals surface area contributed by atoms with Gasteiger partial charge in [0, 0.05) is 13.1 Å². The number of carbonyl (C=O) groups is 1. The molecule has 1 aromatic rings. The van der Waals surface area contributed by atoms with Crippen LogP contribution in [0.2, 0.25) is 0 Å². The fourth-order valence-corrected chi connectivity index (χ4v) is 2.27. The first-order valence-corrected chi connectivity index (χ1v) is 6.72. The molecule has 0 aliphatic rings. The van der Waals surface area contributed by atoms with Crippen molar-refractivity contribution >= 4 is 21.9 Å². The van der Waals surface area contributed by atoms with Gasteiger partial charge >= 0.3 is 5.97 Å². The Labute approximate surface area is 121 Å². The zero-order chi connectivity index (χ0) is 14.4. The Bertz CT molecular complexity index is 440. The molecule has 1 unspecified atom stereocenters. The van der Waals surface area contributed by atoms with Gasteiger partial charge in [0.2, 0.25) is 0 Å². The maximum Gasteiger partial charge on any atom is 0.320 e. The molecule has 0 saturated heterocycles. The Balaban J connectivity index is 2.50. The summed E-state index contributed by atoms with van der Waals surface area (Å²) < 4.78 is 6.07. The van der Waals surface area contributed by atoms with E-state index in [-0.39, 0.29) is 0 Å². The van der Waals surface area contributed by atoms with Crippen molar-refractivity contribution in [1.29, 1.82) is 0 Å². The van der Waals surface area contributed by atoms with Crippen molar-refractivity contribution in [2.45, 2.75) is 19.0 Å². The molecule has 1 atom stereocenters. The standard InChI is InChI=1S/C13H19BrN2O3/c1-16(6-5-11(15)13(17)18)8-9-3-4-12(19-2)10(14)7-9/h3-4,7,11H,5-6,8,15H2,1-2H3,(H,17,18). The topological polar surface area (TPSA) is 75.8 Å². The maximum atomic E-state index is 10.6. The molecule has 19 heavy (non-hydrogen) atoms. The van der Waals surface area contributed by atoms with Gasteiger partial charge in [-0.15, -0.1) is 0 Å². The number of hydrogen-bond donors (Lipinski definition) is 2. The molecule has 0 bridgehead atoms. The smallest absolute Gasteiger partial charge is 0.320 e. The minimum atomic E-state index is -0.958. The highest BCUT2D eigenvalue weighted by molar-refractivity contribution is 9.10. The summed E-state index contributed by atoms with van der Waals surface area (Å²) in [5, 5.41) is 8.72. The Morgan fingerprint density at radius 2 is 2.26 bits per heavy atom. The van der Waals surface area contributed by atoms with Crippen LogP contribution in [-0.4, -0.2) is 42.7 Å². The van der Waals surface area contributed by atoms with Gasteiger partial charge in [0.15, 0.2) is 0 Å². The highest BCUT2D eigenvalue weighted by Crippen LogP contribution is 2.25. The molecule has 0 aliphatic carbocycles. The second-order valence-corrected chi connectivity index (χ2v) is 5.29. The van der Waals surface area contributed by atoms with Gasteiger partial charge in [0.25, 0.3) is 0 Å². The number of methoxy groups -OCH3 is 1. The van der Waals surface area contributed by atoms with E-state index < -0.39 is 12.0 Å². The zero-order valence-corrected chi connectivity index (χ0v) is 12.7. The quantitative estimate of drug-likeness (QED) is 0.795. The largest absolute Gasteiger partial charge is 0.496 e. The number of aliphatic carboxylic acids is 1. The van der Waals surface area contributed by atoms with Crippen LogP contribution in [0, 0.1) is 0 Å². The Morgan fingerprint density at radius 1 is 1.58 bits per heavy atom. The van der Waals surface area contributed by atoms with Gasteiger partial charge in [0.05, 0.1) is 11.6 Å². The number of halogens is 1. The number of carboxylic acids is 1. The van der Waals surface area contributed by atoms with Crippen molar-refractivity contribution in [2.24, 2.45) is 5.73 Å². The summed E-state index contributed by atoms with van der Waals surface area (Å²) >= 11 is 3.44. The van der Waals surface area contributed by atoms with E-state index in [9.17, 15) is 4.79 Å². The summed E-state index contributed by atoms with van der Waals surface area (Å²) in [6.45, 7) is 1.37. The molecule has 0 aliphatic heterocycles. The third-order valence-corrected chi connectivity index (χ3v) is 3.43. The molecule has 0 fully saturated rings. The van der Waals surface area contributed by atoms with E-state index in [1.807, 2.05) is 30.1 Å². The SMILES string of the molecule is COc1ccc(CN(C)CCC(N)C(=O)O)cc1Br. The summed E-state index contributed by atoms with van der Waals surface area (Å²) in [5.41, 5.74) is 6.59. The van der Waals surface area contributed by atoms with Gasteiger partial charge in [-0.2, -0.15) is 0 Å². The van der Waals surface area contributed by atoms with Crippen molar-refractivity contribution in [1.82, 2.24) is 4.90 Å². The predicted octanol–water partition coefficient (Wildman–Crippen LogP) is 1.69. The average molecular weight is 331 g/mol. The monoisotopic (exact) mass is 330 g/mol. The van der Waals surface area contributed by atoms with Gasteiger partial charge < -0.3 is 20.5 Å². The van der Waals surface area contributed by atoms with E-state index in [1.54, 1.807) is 7.11 Å². The molecule has 0 heterocycles. The van der Waals surface area contributed by atoms with Crippen molar-refractivity contribution < 1.29 is 14.6 Å². The second-order valence-electron chi connectivity index (χ2n) is 4.44. The van der Waals surface area contributed by atoms with E-state index in [4.69, 9.17) is 15.6 Å². The normalized spacial score (nSPS) is 12.5. The lowest BCUT2D eigenvalue weighted by Gasteiger charge is -2.18. The fourth-order valence-electron chi connectivity index (χ4n) is 1.68. The lowest BCUT2D eigenvalue weighted by molar-refractivity contribution is -0.138. The van der Waals surface area contributed by atoms with Crippen LogP contribution < -0.4 is 10.5 Å². The lowest BCUT2D eigenvalue weighted by atomic mass is 10.2. The second kappa shape index (κ2) is 7.47. The summed E-state index contributed by atoms with van der Waals surface area (Å²) in [6.07, 6.45) is 0.434. The Kier molecular flexibility index (Phi) is 6.27. The molecule has 0 amide bonds. The predicted molar refractivity (Wildman–Crippen MR) is 77.3 cm³/mol. The molecule has 3 N–H and O–H groups in total. The first-order valence-electron chi connectivity index (χ1n) is 5.93.